The molecular weight excluding hydrogens is 200 g/mol. The van der Waals surface area contributed by atoms with Gasteiger partial charge >= 0.3 is 0 Å². The summed E-state index contributed by atoms with van der Waals surface area (Å²) in [7, 11) is 0. The van der Waals surface area contributed by atoms with E-state index in [-0.39, 0.29) is 5.41 Å². The van der Waals surface area contributed by atoms with Gasteiger partial charge in [-0.3, -0.25) is 4.79 Å². The number of amides is 1. The van der Waals surface area contributed by atoms with E-state index in [0.717, 1.165) is 32.5 Å². The van der Waals surface area contributed by atoms with Crippen LogP contribution in [0, 0.1) is 5.41 Å². The van der Waals surface area contributed by atoms with Gasteiger partial charge in [-0.2, -0.15) is 0 Å². The Morgan fingerprint density at radius 2 is 1.88 bits per heavy atom. The van der Waals surface area contributed by atoms with Crippen molar-refractivity contribution < 1.29 is 4.79 Å². The average Bonchev–Trinajstić information content (AvgIpc) is 2.16. The molecule has 0 unspecified atom stereocenters. The Labute approximate surface area is 99.6 Å². The Bertz CT molecular complexity index is 225. The molecule has 0 saturated carbocycles. The van der Waals surface area contributed by atoms with Crippen molar-refractivity contribution in [2.24, 2.45) is 5.41 Å². The summed E-state index contributed by atoms with van der Waals surface area (Å²) in [6.07, 6.45) is 2.87. The Balaban J connectivity index is 2.33. The lowest BCUT2D eigenvalue weighted by Crippen LogP contribution is -2.45. The van der Waals surface area contributed by atoms with Crippen molar-refractivity contribution in [2.45, 2.75) is 53.0 Å². The van der Waals surface area contributed by atoms with Gasteiger partial charge in [0.05, 0.1) is 0 Å². The van der Waals surface area contributed by atoms with Gasteiger partial charge in [0.15, 0.2) is 0 Å². The maximum atomic E-state index is 12.0. The molecule has 94 valence electrons. The van der Waals surface area contributed by atoms with Crippen molar-refractivity contribution in [1.82, 2.24) is 10.2 Å². The van der Waals surface area contributed by atoms with Crippen LogP contribution < -0.4 is 5.32 Å². The lowest BCUT2D eigenvalue weighted by molar-refractivity contribution is -0.134. The van der Waals surface area contributed by atoms with E-state index < -0.39 is 0 Å². The number of carbonyl (C=O) groups excluding carboxylic acids is 1. The molecule has 0 aromatic heterocycles. The molecule has 0 bridgehead atoms. The molecule has 16 heavy (non-hydrogen) atoms. The predicted molar refractivity (Wildman–Crippen MR) is 67.4 cm³/mol. The lowest BCUT2D eigenvalue weighted by atomic mass is 9.91. The summed E-state index contributed by atoms with van der Waals surface area (Å²) in [5.41, 5.74) is 0.107. The molecule has 1 N–H and O–H groups in total. The minimum atomic E-state index is 0.107. The average molecular weight is 226 g/mol. The number of likely N-dealkylation sites (tertiary alicyclic amines) is 1. The number of nitrogens with one attached hydrogen (secondary N) is 1. The van der Waals surface area contributed by atoms with Gasteiger partial charge in [-0.25, -0.2) is 0 Å². The smallest absolute Gasteiger partial charge is 0.223 e. The summed E-state index contributed by atoms with van der Waals surface area (Å²) in [6, 6.07) is 0.615. The zero-order valence-electron chi connectivity index (χ0n) is 11.2. The van der Waals surface area contributed by atoms with Gasteiger partial charge in [-0.1, -0.05) is 27.7 Å². The highest BCUT2D eigenvalue weighted by atomic mass is 16.2. The van der Waals surface area contributed by atoms with Gasteiger partial charge in [-0.15, -0.1) is 0 Å². The van der Waals surface area contributed by atoms with Gasteiger partial charge < -0.3 is 10.2 Å². The summed E-state index contributed by atoms with van der Waals surface area (Å²) < 4.78 is 0. The highest BCUT2D eigenvalue weighted by molar-refractivity contribution is 5.76. The molecule has 1 aliphatic heterocycles. The van der Waals surface area contributed by atoms with Crippen LogP contribution in [0.25, 0.3) is 0 Å². The van der Waals surface area contributed by atoms with Crippen molar-refractivity contribution in [1.29, 1.82) is 0 Å². The first-order valence-corrected chi connectivity index (χ1v) is 6.43. The van der Waals surface area contributed by atoms with Crippen LogP contribution >= 0.6 is 0 Å². The molecule has 0 atom stereocenters. The Hall–Kier alpha value is -0.570. The number of hydrogen-bond acceptors (Lipinski definition) is 2. The number of carbonyl (C=O) groups is 1. The Morgan fingerprint density at radius 3 is 2.31 bits per heavy atom. The second-order valence-electron chi connectivity index (χ2n) is 5.95. The first-order chi connectivity index (χ1) is 7.42. The maximum Gasteiger partial charge on any atom is 0.223 e. The Morgan fingerprint density at radius 1 is 1.31 bits per heavy atom. The predicted octanol–water partition coefficient (Wildman–Crippen LogP) is 2.02. The van der Waals surface area contributed by atoms with Crippen LogP contribution in [0.1, 0.15) is 47.0 Å². The molecule has 3 nitrogen and oxygen atoms in total. The molecule has 1 fully saturated rings. The van der Waals surface area contributed by atoms with Gasteiger partial charge in [0, 0.05) is 25.6 Å². The van der Waals surface area contributed by atoms with E-state index in [1.54, 1.807) is 0 Å². The minimum absolute atomic E-state index is 0.107. The molecule has 1 saturated heterocycles. The number of piperidine rings is 1. The van der Waals surface area contributed by atoms with E-state index in [9.17, 15) is 4.79 Å². The minimum Gasteiger partial charge on any atom is -0.343 e. The van der Waals surface area contributed by atoms with E-state index in [4.69, 9.17) is 0 Å². The second kappa shape index (κ2) is 5.67. The van der Waals surface area contributed by atoms with E-state index in [0.29, 0.717) is 18.4 Å². The Kier molecular flexibility index (Phi) is 4.78. The third kappa shape index (κ3) is 4.52. The molecule has 0 aromatic carbocycles. The molecule has 1 amide bonds. The number of hydrogen-bond donors (Lipinski definition) is 1. The van der Waals surface area contributed by atoms with Crippen molar-refractivity contribution in [3.05, 3.63) is 0 Å². The highest BCUT2D eigenvalue weighted by Crippen LogP contribution is 2.21. The monoisotopic (exact) mass is 226 g/mol. The summed E-state index contributed by atoms with van der Waals surface area (Å²) in [5.74, 6) is 0.322. The lowest BCUT2D eigenvalue weighted by Gasteiger charge is -2.34. The van der Waals surface area contributed by atoms with Crippen molar-refractivity contribution in [3.8, 4) is 0 Å². The van der Waals surface area contributed by atoms with Crippen LogP contribution in [0.15, 0.2) is 0 Å². The molecule has 0 radical (unpaired) electrons. The first-order valence-electron chi connectivity index (χ1n) is 6.43. The topological polar surface area (TPSA) is 32.3 Å². The largest absolute Gasteiger partial charge is 0.343 e. The van der Waals surface area contributed by atoms with E-state index in [1.165, 1.54) is 0 Å². The molecule has 1 aliphatic rings. The fraction of sp³-hybridized carbons (Fsp3) is 0.923. The van der Waals surface area contributed by atoms with Gasteiger partial charge in [0.2, 0.25) is 5.91 Å². The third-order valence-electron chi connectivity index (χ3n) is 3.02. The molecule has 0 aliphatic carbocycles. The summed E-state index contributed by atoms with van der Waals surface area (Å²) in [6.45, 7) is 11.4. The standard InChI is InChI=1S/C13H26N2O/c1-5-14-11-6-8-15(9-7-11)12(16)10-13(2,3)4/h11,14H,5-10H2,1-4H3. The molecule has 0 spiro atoms. The fourth-order valence-electron chi connectivity index (χ4n) is 2.19. The van der Waals surface area contributed by atoms with E-state index in [1.807, 2.05) is 4.90 Å². The summed E-state index contributed by atoms with van der Waals surface area (Å²) >= 11 is 0. The van der Waals surface area contributed by atoms with Crippen LogP contribution in [0.5, 0.6) is 0 Å². The maximum absolute atomic E-state index is 12.0. The third-order valence-corrected chi connectivity index (χ3v) is 3.02. The zero-order chi connectivity index (χ0) is 12.2. The van der Waals surface area contributed by atoms with Crippen molar-refractivity contribution in [2.75, 3.05) is 19.6 Å². The SMILES string of the molecule is CCNC1CCN(C(=O)CC(C)(C)C)CC1. The number of nitrogens with zero attached hydrogens (tertiary/aromatic N) is 1. The molecular formula is C13H26N2O. The van der Waals surface area contributed by atoms with Crippen LogP contribution in [0.4, 0.5) is 0 Å². The van der Waals surface area contributed by atoms with E-state index in [2.05, 4.69) is 33.0 Å². The first kappa shape index (κ1) is 13.5. The quantitative estimate of drug-likeness (QED) is 0.798. The molecule has 0 aromatic rings. The highest BCUT2D eigenvalue weighted by Gasteiger charge is 2.25. The zero-order valence-corrected chi connectivity index (χ0v) is 11.2. The fourth-order valence-corrected chi connectivity index (χ4v) is 2.19. The van der Waals surface area contributed by atoms with Crippen molar-refractivity contribution in [3.63, 3.8) is 0 Å². The summed E-state index contributed by atoms with van der Waals surface area (Å²) in [4.78, 5) is 14.0. The molecule has 1 rings (SSSR count). The van der Waals surface area contributed by atoms with Gasteiger partial charge in [0.1, 0.15) is 0 Å². The molecule has 3 heteroatoms. The van der Waals surface area contributed by atoms with E-state index >= 15 is 0 Å². The van der Waals surface area contributed by atoms with Crippen LogP contribution in [0.2, 0.25) is 0 Å². The number of rotatable bonds is 3. The molecule has 1 heterocycles. The van der Waals surface area contributed by atoms with Crippen LogP contribution in [-0.4, -0.2) is 36.5 Å². The van der Waals surface area contributed by atoms with Crippen molar-refractivity contribution >= 4 is 5.91 Å². The van der Waals surface area contributed by atoms with Gasteiger partial charge in [0.25, 0.3) is 0 Å². The summed E-state index contributed by atoms with van der Waals surface area (Å²) in [5, 5.41) is 3.45. The normalized spacial score (nSPS) is 18.9. The second-order valence-corrected chi connectivity index (χ2v) is 5.95. The van der Waals surface area contributed by atoms with Crippen LogP contribution in [-0.2, 0) is 4.79 Å². The van der Waals surface area contributed by atoms with Gasteiger partial charge in [-0.05, 0) is 24.8 Å². The van der Waals surface area contributed by atoms with Crippen LogP contribution in [0.3, 0.4) is 0 Å².